The van der Waals surface area contributed by atoms with Crippen molar-refractivity contribution in [3.63, 3.8) is 0 Å². The zero-order chi connectivity index (χ0) is 15.5. The predicted octanol–water partition coefficient (Wildman–Crippen LogP) is 2.94. The second kappa shape index (κ2) is 5.97. The molecule has 1 N–H and O–H groups in total. The van der Waals surface area contributed by atoms with Crippen molar-refractivity contribution in [3.05, 3.63) is 54.1 Å². The lowest BCUT2D eigenvalue weighted by atomic mass is 10.1. The molecular formula is C17H18N4O. The van der Waals surface area contributed by atoms with Crippen LogP contribution >= 0.6 is 0 Å². The molecule has 3 aromatic rings. The molecule has 0 unspecified atom stereocenters. The third kappa shape index (κ3) is 2.70. The molecule has 3 rings (SSSR count). The number of amides is 1. The van der Waals surface area contributed by atoms with Gasteiger partial charge in [0.1, 0.15) is 0 Å². The lowest BCUT2D eigenvalue weighted by Crippen LogP contribution is -2.16. The van der Waals surface area contributed by atoms with Gasteiger partial charge in [-0.1, -0.05) is 18.2 Å². The fourth-order valence-electron chi connectivity index (χ4n) is 2.60. The van der Waals surface area contributed by atoms with Crippen LogP contribution in [0.3, 0.4) is 0 Å². The molecule has 0 aliphatic heterocycles. The maximum atomic E-state index is 12.3. The minimum absolute atomic E-state index is 0.0809. The monoisotopic (exact) mass is 294 g/mol. The molecule has 0 saturated carbocycles. The summed E-state index contributed by atoms with van der Waals surface area (Å²) in [4.78, 5) is 20.6. The highest BCUT2D eigenvalue weighted by atomic mass is 16.1. The number of hydrogen-bond acceptors (Lipinski definition) is 3. The first-order valence-electron chi connectivity index (χ1n) is 7.33. The van der Waals surface area contributed by atoms with E-state index in [1.165, 1.54) is 0 Å². The maximum absolute atomic E-state index is 12.3. The molecule has 5 heteroatoms. The number of carbonyl (C=O) groups is 1. The Kier molecular flexibility index (Phi) is 3.87. The van der Waals surface area contributed by atoms with Gasteiger partial charge in [-0.05, 0) is 25.5 Å². The van der Waals surface area contributed by atoms with Crippen LogP contribution in [0.4, 0.5) is 5.82 Å². The summed E-state index contributed by atoms with van der Waals surface area (Å²) in [7, 11) is 0. The van der Waals surface area contributed by atoms with Crippen LogP contribution in [0.25, 0.3) is 10.9 Å². The van der Waals surface area contributed by atoms with E-state index in [1.54, 1.807) is 12.4 Å². The van der Waals surface area contributed by atoms with Crippen LogP contribution in [0.5, 0.6) is 0 Å². The van der Waals surface area contributed by atoms with E-state index in [0.29, 0.717) is 17.9 Å². The van der Waals surface area contributed by atoms with Gasteiger partial charge >= 0.3 is 0 Å². The summed E-state index contributed by atoms with van der Waals surface area (Å²) in [6.45, 7) is 4.80. The molecule has 0 atom stereocenters. The van der Waals surface area contributed by atoms with E-state index in [-0.39, 0.29) is 5.91 Å². The normalized spacial score (nSPS) is 10.8. The average molecular weight is 294 g/mol. The number of fused-ring (bicyclic) bond motifs is 1. The molecule has 1 aromatic carbocycles. The number of nitrogens with one attached hydrogen (secondary N) is 1. The standard InChI is InChI=1S/C17H18N4O/c1-3-21-11-13(14-6-4-5-7-15(14)21)10-16(22)20-17-12(2)18-8-9-19-17/h4-9,11H,3,10H2,1-2H3,(H,19,20,22). The minimum Gasteiger partial charge on any atom is -0.347 e. The Morgan fingerprint density at radius 3 is 2.77 bits per heavy atom. The van der Waals surface area contributed by atoms with Crippen molar-refractivity contribution < 1.29 is 4.79 Å². The highest BCUT2D eigenvalue weighted by molar-refractivity contribution is 5.95. The first-order chi connectivity index (χ1) is 10.7. The first-order valence-corrected chi connectivity index (χ1v) is 7.33. The summed E-state index contributed by atoms with van der Waals surface area (Å²) in [5.41, 5.74) is 2.90. The summed E-state index contributed by atoms with van der Waals surface area (Å²) in [5, 5.41) is 3.95. The molecular weight excluding hydrogens is 276 g/mol. The van der Waals surface area contributed by atoms with Gasteiger partial charge in [0.2, 0.25) is 5.91 Å². The van der Waals surface area contributed by atoms with Crippen LogP contribution in [-0.4, -0.2) is 20.4 Å². The van der Waals surface area contributed by atoms with E-state index in [1.807, 2.05) is 25.3 Å². The molecule has 0 saturated heterocycles. The number of hydrogen-bond donors (Lipinski definition) is 1. The lowest BCUT2D eigenvalue weighted by Gasteiger charge is -2.05. The van der Waals surface area contributed by atoms with Gasteiger partial charge in [-0.2, -0.15) is 0 Å². The molecule has 112 valence electrons. The van der Waals surface area contributed by atoms with Gasteiger partial charge in [-0.25, -0.2) is 4.98 Å². The number of aryl methyl sites for hydroxylation is 2. The molecule has 22 heavy (non-hydrogen) atoms. The summed E-state index contributed by atoms with van der Waals surface area (Å²) in [5.74, 6) is 0.439. The topological polar surface area (TPSA) is 59.8 Å². The summed E-state index contributed by atoms with van der Waals surface area (Å²) >= 11 is 0. The number of aromatic nitrogens is 3. The molecule has 0 bridgehead atoms. The predicted molar refractivity (Wildman–Crippen MR) is 86.7 cm³/mol. The fraction of sp³-hybridized carbons (Fsp3) is 0.235. The molecule has 0 fully saturated rings. The quantitative estimate of drug-likeness (QED) is 0.805. The lowest BCUT2D eigenvalue weighted by molar-refractivity contribution is -0.115. The Balaban J connectivity index is 1.84. The Morgan fingerprint density at radius 1 is 1.23 bits per heavy atom. The summed E-state index contributed by atoms with van der Waals surface area (Å²) in [6.07, 6.45) is 5.56. The molecule has 0 aliphatic rings. The number of benzene rings is 1. The molecule has 2 aromatic heterocycles. The van der Waals surface area contributed by atoms with Gasteiger partial charge < -0.3 is 9.88 Å². The van der Waals surface area contributed by atoms with Gasteiger partial charge in [0.15, 0.2) is 5.82 Å². The Bertz CT molecular complexity index is 822. The first kappa shape index (κ1) is 14.3. The molecule has 0 spiro atoms. The largest absolute Gasteiger partial charge is 0.347 e. The maximum Gasteiger partial charge on any atom is 0.230 e. The zero-order valence-electron chi connectivity index (χ0n) is 12.7. The van der Waals surface area contributed by atoms with Gasteiger partial charge in [0.25, 0.3) is 0 Å². The van der Waals surface area contributed by atoms with Crippen LogP contribution in [0.15, 0.2) is 42.9 Å². The number of carbonyl (C=O) groups excluding carboxylic acids is 1. The van der Waals surface area contributed by atoms with Crippen molar-refractivity contribution in [1.29, 1.82) is 0 Å². The summed E-state index contributed by atoms with van der Waals surface area (Å²) in [6, 6.07) is 8.14. The Hall–Kier alpha value is -2.69. The van der Waals surface area contributed by atoms with E-state index >= 15 is 0 Å². The SMILES string of the molecule is CCn1cc(CC(=O)Nc2nccnc2C)c2ccccc21. The van der Waals surface area contributed by atoms with Gasteiger partial charge in [0, 0.05) is 36.0 Å². The molecule has 5 nitrogen and oxygen atoms in total. The van der Waals surface area contributed by atoms with Crippen LogP contribution in [0.2, 0.25) is 0 Å². The number of para-hydroxylation sites is 1. The molecule has 0 radical (unpaired) electrons. The van der Waals surface area contributed by atoms with Gasteiger partial charge in [0.05, 0.1) is 12.1 Å². The van der Waals surface area contributed by atoms with Crippen molar-refractivity contribution in [2.75, 3.05) is 5.32 Å². The number of rotatable bonds is 4. The molecule has 0 aliphatic carbocycles. The van der Waals surface area contributed by atoms with E-state index in [2.05, 4.69) is 38.9 Å². The number of nitrogens with zero attached hydrogens (tertiary/aromatic N) is 3. The van der Waals surface area contributed by atoms with Crippen molar-refractivity contribution in [2.24, 2.45) is 0 Å². The highest BCUT2D eigenvalue weighted by Crippen LogP contribution is 2.22. The number of anilines is 1. The van der Waals surface area contributed by atoms with Gasteiger partial charge in [-0.3, -0.25) is 9.78 Å². The third-order valence-electron chi connectivity index (χ3n) is 3.70. The third-order valence-corrected chi connectivity index (χ3v) is 3.70. The smallest absolute Gasteiger partial charge is 0.230 e. The van der Waals surface area contributed by atoms with Crippen LogP contribution in [-0.2, 0) is 17.8 Å². The van der Waals surface area contributed by atoms with Crippen molar-refractivity contribution in [2.45, 2.75) is 26.8 Å². The van der Waals surface area contributed by atoms with Crippen molar-refractivity contribution in [1.82, 2.24) is 14.5 Å². The Morgan fingerprint density at radius 2 is 2.00 bits per heavy atom. The zero-order valence-corrected chi connectivity index (χ0v) is 12.7. The minimum atomic E-state index is -0.0809. The molecule has 1 amide bonds. The van der Waals surface area contributed by atoms with E-state index in [9.17, 15) is 4.79 Å². The van der Waals surface area contributed by atoms with Crippen molar-refractivity contribution in [3.8, 4) is 0 Å². The van der Waals surface area contributed by atoms with Gasteiger partial charge in [-0.15, -0.1) is 0 Å². The van der Waals surface area contributed by atoms with Crippen LogP contribution in [0, 0.1) is 6.92 Å². The molecule has 2 heterocycles. The van der Waals surface area contributed by atoms with E-state index in [0.717, 1.165) is 23.0 Å². The fourth-order valence-corrected chi connectivity index (χ4v) is 2.60. The van der Waals surface area contributed by atoms with Crippen LogP contribution in [0.1, 0.15) is 18.2 Å². The van der Waals surface area contributed by atoms with Crippen molar-refractivity contribution >= 4 is 22.6 Å². The van der Waals surface area contributed by atoms with E-state index < -0.39 is 0 Å². The van der Waals surface area contributed by atoms with Crippen LogP contribution < -0.4 is 5.32 Å². The second-order valence-electron chi connectivity index (χ2n) is 5.17. The summed E-state index contributed by atoms with van der Waals surface area (Å²) < 4.78 is 2.16. The highest BCUT2D eigenvalue weighted by Gasteiger charge is 2.12. The second-order valence-corrected chi connectivity index (χ2v) is 5.17. The van der Waals surface area contributed by atoms with E-state index in [4.69, 9.17) is 0 Å². The Labute approximate surface area is 129 Å². The average Bonchev–Trinajstić information content (AvgIpc) is 2.88.